The van der Waals surface area contributed by atoms with Crippen molar-refractivity contribution in [1.29, 1.82) is 0 Å². The molecule has 0 amide bonds. The van der Waals surface area contributed by atoms with Crippen molar-refractivity contribution in [2.24, 2.45) is 0 Å². The van der Waals surface area contributed by atoms with Gasteiger partial charge in [0, 0.05) is 31.4 Å². The SMILES string of the molecule is C[C@@H](Nc1ncnc2[nH]c(-c3cccc(CN4CCOCC4)c3)cc12)c1ccccc1. The Kier molecular flexibility index (Phi) is 5.65. The predicted octanol–water partition coefficient (Wildman–Crippen LogP) is 4.63. The fraction of sp³-hybridized carbons (Fsp3) is 0.280. The van der Waals surface area contributed by atoms with Crippen LogP contribution in [0.3, 0.4) is 0 Å². The van der Waals surface area contributed by atoms with E-state index in [9.17, 15) is 0 Å². The van der Waals surface area contributed by atoms with E-state index in [-0.39, 0.29) is 6.04 Å². The smallest absolute Gasteiger partial charge is 0.143 e. The molecule has 2 aromatic heterocycles. The van der Waals surface area contributed by atoms with Gasteiger partial charge in [0.2, 0.25) is 0 Å². The molecule has 0 radical (unpaired) electrons. The maximum Gasteiger partial charge on any atom is 0.143 e. The van der Waals surface area contributed by atoms with Gasteiger partial charge in [-0.3, -0.25) is 4.90 Å². The molecular formula is C25H27N5O. The monoisotopic (exact) mass is 413 g/mol. The molecule has 4 aromatic rings. The Labute approximate surface area is 182 Å². The number of fused-ring (bicyclic) bond motifs is 1. The number of H-pyrrole nitrogens is 1. The first kappa shape index (κ1) is 19.7. The molecule has 0 unspecified atom stereocenters. The van der Waals surface area contributed by atoms with Crippen LogP contribution in [0, 0.1) is 0 Å². The third-order valence-electron chi connectivity index (χ3n) is 5.83. The summed E-state index contributed by atoms with van der Waals surface area (Å²) in [6, 6.07) is 21.4. The zero-order chi connectivity index (χ0) is 21.0. The number of aromatic nitrogens is 3. The van der Waals surface area contributed by atoms with Crippen molar-refractivity contribution in [3.8, 4) is 11.3 Å². The van der Waals surface area contributed by atoms with E-state index in [1.165, 1.54) is 11.1 Å². The van der Waals surface area contributed by atoms with Crippen molar-refractivity contribution in [3.63, 3.8) is 0 Å². The lowest BCUT2D eigenvalue weighted by molar-refractivity contribution is 0.0342. The van der Waals surface area contributed by atoms with Gasteiger partial charge in [-0.15, -0.1) is 0 Å². The highest BCUT2D eigenvalue weighted by molar-refractivity contribution is 5.91. The minimum absolute atomic E-state index is 0.148. The summed E-state index contributed by atoms with van der Waals surface area (Å²) in [6.45, 7) is 6.70. The van der Waals surface area contributed by atoms with Crippen LogP contribution in [-0.2, 0) is 11.3 Å². The number of morpholine rings is 1. The number of nitrogens with one attached hydrogen (secondary N) is 2. The van der Waals surface area contributed by atoms with Gasteiger partial charge in [0.25, 0.3) is 0 Å². The number of hydrogen-bond acceptors (Lipinski definition) is 5. The topological polar surface area (TPSA) is 66.1 Å². The molecule has 0 aliphatic carbocycles. The Morgan fingerprint density at radius 1 is 1.03 bits per heavy atom. The third kappa shape index (κ3) is 4.45. The number of benzene rings is 2. The minimum Gasteiger partial charge on any atom is -0.379 e. The van der Waals surface area contributed by atoms with E-state index in [2.05, 4.69) is 86.7 Å². The zero-order valence-corrected chi connectivity index (χ0v) is 17.7. The number of anilines is 1. The van der Waals surface area contributed by atoms with Gasteiger partial charge in [0.15, 0.2) is 0 Å². The van der Waals surface area contributed by atoms with Crippen LogP contribution in [0.15, 0.2) is 67.0 Å². The van der Waals surface area contributed by atoms with Gasteiger partial charge in [-0.25, -0.2) is 9.97 Å². The summed E-state index contributed by atoms with van der Waals surface area (Å²) in [6.07, 6.45) is 1.61. The second kappa shape index (κ2) is 8.88. The molecule has 0 spiro atoms. The molecule has 6 nitrogen and oxygen atoms in total. The lowest BCUT2D eigenvalue weighted by Gasteiger charge is -2.26. The van der Waals surface area contributed by atoms with Crippen LogP contribution in [0.4, 0.5) is 5.82 Å². The van der Waals surface area contributed by atoms with Crippen molar-refractivity contribution < 1.29 is 4.74 Å². The molecule has 6 heteroatoms. The summed E-state index contributed by atoms with van der Waals surface area (Å²) in [5.74, 6) is 0.841. The number of nitrogens with zero attached hydrogens (tertiary/aromatic N) is 3. The molecule has 3 heterocycles. The maximum absolute atomic E-state index is 5.47. The number of ether oxygens (including phenoxy) is 1. The highest BCUT2D eigenvalue weighted by Crippen LogP contribution is 2.29. The average molecular weight is 414 g/mol. The van der Waals surface area contributed by atoms with Gasteiger partial charge >= 0.3 is 0 Å². The summed E-state index contributed by atoms with van der Waals surface area (Å²) in [7, 11) is 0. The fourth-order valence-electron chi connectivity index (χ4n) is 4.10. The van der Waals surface area contributed by atoms with Crippen LogP contribution in [-0.4, -0.2) is 46.2 Å². The zero-order valence-electron chi connectivity index (χ0n) is 17.7. The molecule has 1 aliphatic rings. The van der Waals surface area contributed by atoms with Crippen molar-refractivity contribution in [2.45, 2.75) is 19.5 Å². The summed E-state index contributed by atoms with van der Waals surface area (Å²) >= 11 is 0. The Morgan fingerprint density at radius 2 is 1.87 bits per heavy atom. The Morgan fingerprint density at radius 3 is 2.71 bits per heavy atom. The van der Waals surface area contributed by atoms with Gasteiger partial charge < -0.3 is 15.0 Å². The van der Waals surface area contributed by atoms with Crippen molar-refractivity contribution >= 4 is 16.9 Å². The number of hydrogen-bond donors (Lipinski definition) is 2. The van der Waals surface area contributed by atoms with Crippen molar-refractivity contribution in [3.05, 3.63) is 78.1 Å². The molecule has 1 atom stereocenters. The van der Waals surface area contributed by atoms with E-state index in [1.807, 2.05) is 6.07 Å². The fourth-order valence-corrected chi connectivity index (χ4v) is 4.10. The highest BCUT2D eigenvalue weighted by atomic mass is 16.5. The standard InChI is InChI=1S/C25H27N5O/c1-18(20-7-3-2-4-8-20)28-24-22-15-23(29-25(22)27-17-26-24)21-9-5-6-19(14-21)16-30-10-12-31-13-11-30/h2-9,14-15,17-18H,10-13,16H2,1H3,(H2,26,27,28,29)/t18-/m1/s1. The molecule has 31 heavy (non-hydrogen) atoms. The normalized spacial score (nSPS) is 15.8. The van der Waals surface area contributed by atoms with Crippen LogP contribution in [0.2, 0.25) is 0 Å². The molecule has 0 saturated carbocycles. The number of rotatable bonds is 6. The molecule has 1 fully saturated rings. The van der Waals surface area contributed by atoms with E-state index in [0.29, 0.717) is 0 Å². The first-order chi connectivity index (χ1) is 15.3. The van der Waals surface area contributed by atoms with E-state index in [1.54, 1.807) is 6.33 Å². The van der Waals surface area contributed by atoms with Crippen LogP contribution in [0.5, 0.6) is 0 Å². The largest absolute Gasteiger partial charge is 0.379 e. The van der Waals surface area contributed by atoms with Crippen LogP contribution in [0.1, 0.15) is 24.1 Å². The molecule has 158 valence electrons. The molecule has 1 aliphatic heterocycles. The Hall–Kier alpha value is -3.22. The van der Waals surface area contributed by atoms with Gasteiger partial charge in [0.1, 0.15) is 17.8 Å². The summed E-state index contributed by atoms with van der Waals surface area (Å²) in [5, 5.41) is 4.54. The van der Waals surface area contributed by atoms with Gasteiger partial charge in [-0.2, -0.15) is 0 Å². The first-order valence-corrected chi connectivity index (χ1v) is 10.8. The Bertz CT molecular complexity index is 1150. The average Bonchev–Trinajstić information content (AvgIpc) is 3.26. The second-order valence-electron chi connectivity index (χ2n) is 8.03. The van der Waals surface area contributed by atoms with Crippen LogP contribution < -0.4 is 5.32 Å². The van der Waals surface area contributed by atoms with Gasteiger partial charge in [0.05, 0.1) is 18.6 Å². The molecule has 0 bridgehead atoms. The van der Waals surface area contributed by atoms with E-state index in [0.717, 1.165) is 61.0 Å². The quantitative estimate of drug-likeness (QED) is 0.482. The third-order valence-corrected chi connectivity index (χ3v) is 5.83. The lowest BCUT2D eigenvalue weighted by Crippen LogP contribution is -2.35. The molecule has 2 N–H and O–H groups in total. The Balaban J connectivity index is 1.40. The lowest BCUT2D eigenvalue weighted by atomic mass is 10.1. The predicted molar refractivity (Wildman–Crippen MR) is 124 cm³/mol. The molecule has 5 rings (SSSR count). The van der Waals surface area contributed by atoms with E-state index in [4.69, 9.17) is 4.74 Å². The maximum atomic E-state index is 5.47. The first-order valence-electron chi connectivity index (χ1n) is 10.8. The second-order valence-corrected chi connectivity index (χ2v) is 8.03. The van der Waals surface area contributed by atoms with Crippen molar-refractivity contribution in [1.82, 2.24) is 19.9 Å². The van der Waals surface area contributed by atoms with Crippen molar-refractivity contribution in [2.75, 3.05) is 31.6 Å². The van der Waals surface area contributed by atoms with Crippen LogP contribution in [0.25, 0.3) is 22.3 Å². The molecular weight excluding hydrogens is 386 g/mol. The summed E-state index contributed by atoms with van der Waals surface area (Å²) in [5.41, 5.74) is 5.58. The van der Waals surface area contributed by atoms with E-state index < -0.39 is 0 Å². The van der Waals surface area contributed by atoms with Gasteiger partial charge in [-0.1, -0.05) is 48.5 Å². The van der Waals surface area contributed by atoms with Crippen LogP contribution >= 0.6 is 0 Å². The minimum atomic E-state index is 0.148. The molecule has 2 aromatic carbocycles. The highest BCUT2D eigenvalue weighted by Gasteiger charge is 2.14. The van der Waals surface area contributed by atoms with Gasteiger partial charge in [-0.05, 0) is 35.7 Å². The molecule has 1 saturated heterocycles. The van der Waals surface area contributed by atoms with E-state index >= 15 is 0 Å². The number of aromatic amines is 1. The summed E-state index contributed by atoms with van der Waals surface area (Å²) in [4.78, 5) is 14.9. The summed E-state index contributed by atoms with van der Waals surface area (Å²) < 4.78 is 5.47.